The van der Waals surface area contributed by atoms with Gasteiger partial charge in [0.05, 0.1) is 19.4 Å². The normalized spacial score (nSPS) is 10.0. The highest BCUT2D eigenvalue weighted by atomic mass is 35.5. The molecule has 0 bridgehead atoms. The molecule has 0 saturated carbocycles. The minimum absolute atomic E-state index is 0.317. The van der Waals surface area contributed by atoms with Gasteiger partial charge in [0.2, 0.25) is 5.88 Å². The van der Waals surface area contributed by atoms with E-state index in [0.29, 0.717) is 34.6 Å². The second-order valence-corrected chi connectivity index (χ2v) is 4.26. The number of pyridine rings is 1. The lowest BCUT2D eigenvalue weighted by molar-refractivity contribution is 0.187. The number of ether oxygens (including phenoxy) is 2. The van der Waals surface area contributed by atoms with Gasteiger partial charge < -0.3 is 9.47 Å². The van der Waals surface area contributed by atoms with E-state index < -0.39 is 6.09 Å². The van der Waals surface area contributed by atoms with E-state index in [1.165, 1.54) is 13.4 Å². The van der Waals surface area contributed by atoms with Crippen LogP contribution in [0.25, 0.3) is 11.3 Å². The van der Waals surface area contributed by atoms with Crippen LogP contribution in [-0.4, -0.2) is 34.8 Å². The molecular formula is C13H13ClN4O3. The molecule has 21 heavy (non-hydrogen) atoms. The number of amides is 1. The average molecular weight is 309 g/mol. The van der Waals surface area contributed by atoms with Gasteiger partial charge in [0, 0.05) is 17.8 Å². The van der Waals surface area contributed by atoms with E-state index >= 15 is 0 Å². The van der Waals surface area contributed by atoms with Crippen molar-refractivity contribution in [2.45, 2.75) is 6.92 Å². The summed E-state index contributed by atoms with van der Waals surface area (Å²) < 4.78 is 9.77. The Bertz CT molecular complexity index is 651. The first-order valence-electron chi connectivity index (χ1n) is 6.09. The zero-order valence-corrected chi connectivity index (χ0v) is 12.2. The number of aromatic nitrogens is 3. The molecule has 0 unspecified atom stereocenters. The highest BCUT2D eigenvalue weighted by Crippen LogP contribution is 2.27. The fourth-order valence-corrected chi connectivity index (χ4v) is 1.77. The fraction of sp³-hybridized carbons (Fsp3) is 0.231. The molecule has 2 heterocycles. The second-order valence-electron chi connectivity index (χ2n) is 3.85. The molecule has 2 aromatic rings. The van der Waals surface area contributed by atoms with Crippen molar-refractivity contribution in [2.24, 2.45) is 0 Å². The van der Waals surface area contributed by atoms with Crippen LogP contribution in [0.5, 0.6) is 5.88 Å². The molecule has 1 N–H and O–H groups in total. The highest BCUT2D eigenvalue weighted by Gasteiger charge is 2.09. The van der Waals surface area contributed by atoms with E-state index in [1.54, 1.807) is 18.3 Å². The van der Waals surface area contributed by atoms with Crippen molar-refractivity contribution in [3.8, 4) is 17.1 Å². The topological polar surface area (TPSA) is 86.2 Å². The van der Waals surface area contributed by atoms with Crippen molar-refractivity contribution < 1.29 is 14.3 Å². The van der Waals surface area contributed by atoms with Crippen molar-refractivity contribution in [3.05, 3.63) is 29.7 Å². The number of hydrogen-bond acceptors (Lipinski definition) is 6. The summed E-state index contributed by atoms with van der Waals surface area (Å²) in [4.78, 5) is 23.3. The largest absolute Gasteiger partial charge is 0.477 e. The number of nitrogens with zero attached hydrogens (tertiary/aromatic N) is 3. The molecule has 0 fully saturated rings. The molecule has 1 amide bonds. The summed E-state index contributed by atoms with van der Waals surface area (Å²) >= 11 is 6.08. The maximum Gasteiger partial charge on any atom is 0.412 e. The van der Waals surface area contributed by atoms with Gasteiger partial charge in [-0.25, -0.2) is 19.7 Å². The first-order chi connectivity index (χ1) is 10.1. The van der Waals surface area contributed by atoms with Gasteiger partial charge in [0.25, 0.3) is 0 Å². The number of nitrogens with one attached hydrogen (secondary N) is 1. The zero-order valence-electron chi connectivity index (χ0n) is 11.5. The molecule has 0 spiro atoms. The van der Waals surface area contributed by atoms with Gasteiger partial charge in [-0.05, 0) is 13.0 Å². The van der Waals surface area contributed by atoms with Crippen LogP contribution in [-0.2, 0) is 4.74 Å². The molecule has 110 valence electrons. The lowest BCUT2D eigenvalue weighted by Crippen LogP contribution is -2.12. The Labute approximate surface area is 126 Å². The minimum Gasteiger partial charge on any atom is -0.477 e. The Morgan fingerprint density at radius 1 is 1.33 bits per heavy atom. The Morgan fingerprint density at radius 3 is 2.81 bits per heavy atom. The molecule has 7 nitrogen and oxygen atoms in total. The zero-order chi connectivity index (χ0) is 15.2. The van der Waals surface area contributed by atoms with Gasteiger partial charge in [-0.1, -0.05) is 11.6 Å². The third-order valence-electron chi connectivity index (χ3n) is 2.47. The number of rotatable bonds is 4. The molecule has 0 saturated heterocycles. The van der Waals surface area contributed by atoms with E-state index in [-0.39, 0.29) is 0 Å². The van der Waals surface area contributed by atoms with Crippen molar-refractivity contribution >= 4 is 23.5 Å². The number of carbonyl (C=O) groups is 1. The van der Waals surface area contributed by atoms with Crippen LogP contribution in [0.2, 0.25) is 5.02 Å². The number of hydrogen-bond donors (Lipinski definition) is 1. The monoisotopic (exact) mass is 308 g/mol. The van der Waals surface area contributed by atoms with E-state index in [2.05, 4.69) is 25.0 Å². The molecule has 0 radical (unpaired) electrons. The summed E-state index contributed by atoms with van der Waals surface area (Å²) in [5, 5.41) is 2.84. The van der Waals surface area contributed by atoms with Gasteiger partial charge in [0.15, 0.2) is 0 Å². The smallest absolute Gasteiger partial charge is 0.412 e. The summed E-state index contributed by atoms with van der Waals surface area (Å²) in [5.41, 5.74) is 1.24. The molecular weight excluding hydrogens is 296 g/mol. The van der Waals surface area contributed by atoms with Gasteiger partial charge in [-0.3, -0.25) is 5.32 Å². The van der Waals surface area contributed by atoms with Crippen LogP contribution in [0.15, 0.2) is 24.7 Å². The summed E-state index contributed by atoms with van der Waals surface area (Å²) in [6, 6.07) is 3.27. The van der Waals surface area contributed by atoms with Crippen molar-refractivity contribution in [1.82, 2.24) is 15.0 Å². The lowest BCUT2D eigenvalue weighted by Gasteiger charge is -2.07. The van der Waals surface area contributed by atoms with Crippen LogP contribution in [0, 0.1) is 0 Å². The molecule has 0 aliphatic rings. The van der Waals surface area contributed by atoms with Crippen LogP contribution < -0.4 is 10.1 Å². The third-order valence-corrected chi connectivity index (χ3v) is 2.74. The molecule has 0 aliphatic heterocycles. The summed E-state index contributed by atoms with van der Waals surface area (Å²) in [5.74, 6) is 0.682. The first kappa shape index (κ1) is 15.0. The van der Waals surface area contributed by atoms with Crippen molar-refractivity contribution in [3.63, 3.8) is 0 Å². The highest BCUT2D eigenvalue weighted by molar-refractivity contribution is 6.32. The molecule has 2 rings (SSSR count). The third kappa shape index (κ3) is 3.79. The van der Waals surface area contributed by atoms with Gasteiger partial charge >= 0.3 is 6.09 Å². The van der Waals surface area contributed by atoms with Gasteiger partial charge in [-0.2, -0.15) is 0 Å². The molecule has 0 aromatic carbocycles. The maximum absolute atomic E-state index is 11.2. The summed E-state index contributed by atoms with van der Waals surface area (Å²) in [6.07, 6.45) is 2.30. The Kier molecular flexibility index (Phi) is 4.89. The molecule has 8 heteroatoms. The quantitative estimate of drug-likeness (QED) is 0.934. The van der Waals surface area contributed by atoms with Crippen LogP contribution in [0.3, 0.4) is 0 Å². The average Bonchev–Trinajstić information content (AvgIpc) is 2.49. The maximum atomic E-state index is 11.2. The minimum atomic E-state index is -0.609. The summed E-state index contributed by atoms with van der Waals surface area (Å²) in [6.45, 7) is 2.33. The Hall–Kier alpha value is -2.41. The van der Waals surface area contributed by atoms with Crippen LogP contribution in [0.4, 0.5) is 10.6 Å². The van der Waals surface area contributed by atoms with E-state index in [4.69, 9.17) is 16.3 Å². The Morgan fingerprint density at radius 2 is 2.14 bits per heavy atom. The fourth-order valence-electron chi connectivity index (χ4n) is 1.55. The summed E-state index contributed by atoms with van der Waals surface area (Å²) in [7, 11) is 1.27. The molecule has 0 aliphatic carbocycles. The van der Waals surface area contributed by atoms with E-state index in [1.807, 2.05) is 6.92 Å². The van der Waals surface area contributed by atoms with Crippen molar-refractivity contribution in [2.75, 3.05) is 19.0 Å². The second kappa shape index (κ2) is 6.85. The number of methoxy groups -OCH3 is 1. The first-order valence-corrected chi connectivity index (χ1v) is 6.47. The van der Waals surface area contributed by atoms with E-state index in [9.17, 15) is 4.79 Å². The number of halogens is 1. The van der Waals surface area contributed by atoms with Crippen LogP contribution in [0.1, 0.15) is 6.92 Å². The van der Waals surface area contributed by atoms with Crippen LogP contribution >= 0.6 is 11.6 Å². The standard InChI is InChI=1S/C13H13ClN4O3/c1-3-21-12-9(14)4-8(6-15-12)10-5-11(17-7-16-10)18-13(19)20-2/h4-7H,3H2,1-2H3,(H,16,17,18,19). The van der Waals surface area contributed by atoms with Gasteiger partial charge in [-0.15, -0.1) is 0 Å². The molecule has 2 aromatic heterocycles. The van der Waals surface area contributed by atoms with Gasteiger partial charge in [0.1, 0.15) is 17.2 Å². The lowest BCUT2D eigenvalue weighted by atomic mass is 10.2. The SMILES string of the molecule is CCOc1ncc(-c2cc(NC(=O)OC)ncn2)cc1Cl. The Balaban J connectivity index is 2.27. The number of carbonyl (C=O) groups excluding carboxylic acids is 1. The molecule has 0 atom stereocenters. The number of anilines is 1. The predicted molar refractivity (Wildman–Crippen MR) is 77.5 cm³/mol. The predicted octanol–water partition coefficient (Wildman–Crippen LogP) is 2.77. The van der Waals surface area contributed by atoms with E-state index in [0.717, 1.165) is 0 Å². The van der Waals surface area contributed by atoms with Crippen molar-refractivity contribution in [1.29, 1.82) is 0 Å².